The highest BCUT2D eigenvalue weighted by atomic mass is 16.6. The molecule has 0 bridgehead atoms. The van der Waals surface area contributed by atoms with Crippen molar-refractivity contribution in [3.05, 3.63) is 48.5 Å². The summed E-state index contributed by atoms with van der Waals surface area (Å²) in [6.07, 6.45) is 0. The molecule has 0 atom stereocenters. The molecule has 0 unspecified atom stereocenters. The first-order valence-corrected chi connectivity index (χ1v) is 14.2. The van der Waals surface area contributed by atoms with Gasteiger partial charge in [0.1, 0.15) is 26.4 Å². The van der Waals surface area contributed by atoms with E-state index < -0.39 is 0 Å². The highest BCUT2D eigenvalue weighted by Crippen LogP contribution is 2.27. The van der Waals surface area contributed by atoms with Crippen molar-refractivity contribution < 1.29 is 52.1 Å². The molecule has 0 N–H and O–H groups in total. The van der Waals surface area contributed by atoms with E-state index >= 15 is 0 Å². The number of benzene rings is 2. The summed E-state index contributed by atoms with van der Waals surface area (Å²) < 4.78 is 60.5. The largest absolute Gasteiger partial charge is 0.487 e. The van der Waals surface area contributed by atoms with Crippen LogP contribution in [-0.2, 0) is 33.2 Å². The van der Waals surface area contributed by atoms with Crippen molar-refractivity contribution in [1.29, 1.82) is 0 Å². The van der Waals surface area contributed by atoms with Gasteiger partial charge < -0.3 is 52.1 Å². The average molecular weight is 581 g/mol. The second kappa shape index (κ2) is 23.0. The topological polar surface area (TPSA) is 102 Å². The lowest BCUT2D eigenvalue weighted by Crippen LogP contribution is -2.15. The van der Waals surface area contributed by atoms with Crippen LogP contribution in [0, 0.1) is 0 Å². The molecule has 2 aliphatic rings. The first-order valence-electron chi connectivity index (χ1n) is 14.2. The molecule has 0 aliphatic carbocycles. The summed E-state index contributed by atoms with van der Waals surface area (Å²) in [5, 5.41) is 0. The third kappa shape index (κ3) is 15.8. The number of ether oxygens (including phenoxy) is 11. The summed E-state index contributed by atoms with van der Waals surface area (Å²) in [5.74, 6) is 2.80. The molecule has 230 valence electrons. The molecule has 2 aromatic rings. The van der Waals surface area contributed by atoms with Gasteiger partial charge in [-0.25, -0.2) is 0 Å². The Balaban J connectivity index is 0.000000263. The molecule has 2 aliphatic heterocycles. The molecule has 0 saturated carbocycles. The van der Waals surface area contributed by atoms with Gasteiger partial charge in [0.2, 0.25) is 0 Å². The average Bonchev–Trinajstić information content (AvgIpc) is 3.01. The van der Waals surface area contributed by atoms with Gasteiger partial charge in [0, 0.05) is 0 Å². The van der Waals surface area contributed by atoms with E-state index in [-0.39, 0.29) is 0 Å². The summed E-state index contributed by atoms with van der Waals surface area (Å²) in [5.41, 5.74) is 0. The number of hydrogen-bond acceptors (Lipinski definition) is 11. The zero-order valence-electron chi connectivity index (χ0n) is 23.8. The highest BCUT2D eigenvalue weighted by molar-refractivity contribution is 5.40. The summed E-state index contributed by atoms with van der Waals surface area (Å²) in [6, 6.07) is 15.2. The van der Waals surface area contributed by atoms with Gasteiger partial charge in [-0.1, -0.05) is 24.3 Å². The molecule has 0 spiro atoms. The number of hydrogen-bond donors (Lipinski definition) is 0. The predicted octanol–water partition coefficient (Wildman–Crippen LogP) is 3.03. The Bertz CT molecular complexity index is 728. The minimum absolute atomic E-state index is 0.441. The zero-order chi connectivity index (χ0) is 28.5. The third-order valence-electron chi connectivity index (χ3n) is 5.50. The van der Waals surface area contributed by atoms with Gasteiger partial charge in [-0.05, 0) is 24.3 Å². The first kappa shape index (κ1) is 32.9. The van der Waals surface area contributed by atoms with Gasteiger partial charge in [-0.15, -0.1) is 0 Å². The molecule has 41 heavy (non-hydrogen) atoms. The fourth-order valence-corrected chi connectivity index (χ4v) is 3.52. The quantitative estimate of drug-likeness (QED) is 0.460. The summed E-state index contributed by atoms with van der Waals surface area (Å²) >= 11 is 0. The molecule has 4 rings (SSSR count). The van der Waals surface area contributed by atoms with Gasteiger partial charge in [-0.3, -0.25) is 0 Å². The van der Waals surface area contributed by atoms with E-state index in [4.69, 9.17) is 52.1 Å². The van der Waals surface area contributed by atoms with Crippen molar-refractivity contribution >= 4 is 0 Å². The van der Waals surface area contributed by atoms with Crippen molar-refractivity contribution in [2.24, 2.45) is 0 Å². The zero-order valence-corrected chi connectivity index (χ0v) is 23.8. The smallest absolute Gasteiger partial charge is 0.161 e. The van der Waals surface area contributed by atoms with Gasteiger partial charge in [0.25, 0.3) is 0 Å². The van der Waals surface area contributed by atoms with Crippen molar-refractivity contribution in [2.75, 3.05) is 119 Å². The van der Waals surface area contributed by atoms with Crippen LogP contribution < -0.4 is 18.9 Å². The van der Waals surface area contributed by atoms with Crippen molar-refractivity contribution in [3.8, 4) is 23.0 Å². The van der Waals surface area contributed by atoms with Crippen LogP contribution in [0.1, 0.15) is 0 Å². The second-order valence-corrected chi connectivity index (χ2v) is 8.57. The Hall–Kier alpha value is -2.64. The third-order valence-corrected chi connectivity index (χ3v) is 5.50. The summed E-state index contributed by atoms with van der Waals surface area (Å²) in [4.78, 5) is 0. The van der Waals surface area contributed by atoms with Crippen LogP contribution in [0.15, 0.2) is 48.5 Å². The van der Waals surface area contributed by atoms with Crippen LogP contribution in [0.4, 0.5) is 0 Å². The van der Waals surface area contributed by atoms with Crippen LogP contribution in [0.25, 0.3) is 0 Å². The lowest BCUT2D eigenvalue weighted by molar-refractivity contribution is 0.00206. The van der Waals surface area contributed by atoms with Gasteiger partial charge in [-0.2, -0.15) is 0 Å². The molecule has 0 amide bonds. The standard InChI is InChI=1S/C20H24O6.C10H20O5/c1-2-6-18-17(5-1)23-13-9-21-11-15-25-19-7-3-4-8-20(19)26-16-12-22-10-14-24-18;1-2-12-5-6-14-9-10-15-8-7-13-4-3-11-1/h1-8H,9-16H2;1-10H2. The fourth-order valence-electron chi connectivity index (χ4n) is 3.52. The van der Waals surface area contributed by atoms with E-state index in [1.165, 1.54) is 0 Å². The lowest BCUT2D eigenvalue weighted by Gasteiger charge is -2.15. The number of fused-ring (bicyclic) bond motifs is 2. The first-order chi connectivity index (χ1) is 20.4. The van der Waals surface area contributed by atoms with Gasteiger partial charge >= 0.3 is 0 Å². The summed E-state index contributed by atoms with van der Waals surface area (Å²) in [7, 11) is 0. The molecule has 2 heterocycles. The Morgan fingerprint density at radius 2 is 0.415 bits per heavy atom. The second-order valence-electron chi connectivity index (χ2n) is 8.57. The van der Waals surface area contributed by atoms with E-state index in [1.54, 1.807) is 0 Å². The van der Waals surface area contributed by atoms with Crippen molar-refractivity contribution in [1.82, 2.24) is 0 Å². The molecule has 11 nitrogen and oxygen atoms in total. The fraction of sp³-hybridized carbons (Fsp3) is 0.600. The van der Waals surface area contributed by atoms with Crippen molar-refractivity contribution in [3.63, 3.8) is 0 Å². The van der Waals surface area contributed by atoms with E-state index in [2.05, 4.69) is 0 Å². The Kier molecular flexibility index (Phi) is 18.4. The molecule has 2 aromatic carbocycles. The van der Waals surface area contributed by atoms with E-state index in [1.807, 2.05) is 48.5 Å². The maximum Gasteiger partial charge on any atom is 0.161 e. The molecule has 1 fully saturated rings. The molecule has 11 heteroatoms. The van der Waals surface area contributed by atoms with Crippen LogP contribution in [0.2, 0.25) is 0 Å². The number of rotatable bonds is 0. The minimum atomic E-state index is 0.441. The van der Waals surface area contributed by atoms with E-state index in [9.17, 15) is 0 Å². The SMILES string of the molecule is C1COCCOCCOCCOCCO1.c1ccc2c(c1)OCCOCCOc1ccccc1OCCOCCO2. The normalized spacial score (nSPS) is 19.5. The van der Waals surface area contributed by atoms with Crippen LogP contribution in [0.5, 0.6) is 23.0 Å². The summed E-state index contributed by atoms with van der Waals surface area (Å²) in [6.45, 7) is 9.76. The predicted molar refractivity (Wildman–Crippen MR) is 151 cm³/mol. The maximum atomic E-state index is 5.74. The Morgan fingerprint density at radius 1 is 0.244 bits per heavy atom. The van der Waals surface area contributed by atoms with Gasteiger partial charge in [0.15, 0.2) is 23.0 Å². The highest BCUT2D eigenvalue weighted by Gasteiger charge is 2.07. The molecule has 1 saturated heterocycles. The van der Waals surface area contributed by atoms with Gasteiger partial charge in [0.05, 0.1) is 92.5 Å². The lowest BCUT2D eigenvalue weighted by atomic mass is 10.3. The van der Waals surface area contributed by atoms with Crippen molar-refractivity contribution in [2.45, 2.75) is 0 Å². The van der Waals surface area contributed by atoms with E-state index in [0.29, 0.717) is 142 Å². The molecular formula is C30H44O11. The molecule has 0 aromatic heterocycles. The van der Waals surface area contributed by atoms with Crippen LogP contribution in [-0.4, -0.2) is 119 Å². The van der Waals surface area contributed by atoms with E-state index in [0.717, 1.165) is 0 Å². The Labute approximate surface area is 242 Å². The van der Waals surface area contributed by atoms with Crippen LogP contribution >= 0.6 is 0 Å². The maximum absolute atomic E-state index is 5.74. The van der Waals surface area contributed by atoms with Crippen LogP contribution in [0.3, 0.4) is 0 Å². The Morgan fingerprint density at radius 3 is 0.610 bits per heavy atom. The molecular weight excluding hydrogens is 536 g/mol. The molecule has 0 radical (unpaired) electrons. The minimum Gasteiger partial charge on any atom is -0.487 e. The monoisotopic (exact) mass is 580 g/mol. The number of para-hydroxylation sites is 4.